The van der Waals surface area contributed by atoms with Crippen LogP contribution in [0.15, 0.2) is 36.4 Å². The smallest absolute Gasteiger partial charge is 0.161 e. The minimum absolute atomic E-state index is 0.148. The van der Waals surface area contributed by atoms with Crippen LogP contribution in [0.25, 0.3) is 0 Å². The molecule has 0 bridgehead atoms. The molecule has 22 heavy (non-hydrogen) atoms. The average molecular weight is 322 g/mol. The van der Waals surface area contributed by atoms with Gasteiger partial charge in [0, 0.05) is 19.5 Å². The topological polar surface area (TPSA) is 30.5 Å². The Bertz CT molecular complexity index is 663. The molecule has 1 N–H and O–H groups in total. The van der Waals surface area contributed by atoms with Crippen molar-refractivity contribution < 1.29 is 13.9 Å². The van der Waals surface area contributed by atoms with Crippen LogP contribution in [0, 0.1) is 5.82 Å². The normalized spacial score (nSPS) is 13.7. The second kappa shape index (κ2) is 6.99. The summed E-state index contributed by atoms with van der Waals surface area (Å²) in [6.07, 6.45) is 0.896. The molecule has 0 unspecified atom stereocenters. The fourth-order valence-corrected chi connectivity index (χ4v) is 2.52. The van der Waals surface area contributed by atoms with Crippen LogP contribution in [0.1, 0.15) is 17.5 Å². The maximum atomic E-state index is 13.1. The van der Waals surface area contributed by atoms with Crippen LogP contribution in [0.2, 0.25) is 5.02 Å². The molecule has 0 amide bonds. The minimum Gasteiger partial charge on any atom is -0.490 e. The molecule has 1 heterocycles. The lowest BCUT2D eigenvalue weighted by molar-refractivity contribution is 0.297. The molecule has 0 radical (unpaired) electrons. The number of halogens is 2. The second-order valence-corrected chi connectivity index (χ2v) is 5.59. The molecule has 1 aliphatic heterocycles. The third-order valence-corrected chi connectivity index (χ3v) is 3.74. The highest BCUT2D eigenvalue weighted by molar-refractivity contribution is 6.30. The van der Waals surface area contributed by atoms with Gasteiger partial charge in [0.1, 0.15) is 5.82 Å². The van der Waals surface area contributed by atoms with E-state index in [9.17, 15) is 4.39 Å². The van der Waals surface area contributed by atoms with Crippen molar-refractivity contribution in [2.45, 2.75) is 19.5 Å². The maximum Gasteiger partial charge on any atom is 0.161 e. The third-order valence-electron chi connectivity index (χ3n) is 3.45. The molecule has 0 spiro atoms. The van der Waals surface area contributed by atoms with Crippen LogP contribution in [-0.4, -0.2) is 13.2 Å². The number of fused-ring (bicyclic) bond motifs is 1. The molecule has 1 aliphatic rings. The first-order valence-electron chi connectivity index (χ1n) is 7.25. The van der Waals surface area contributed by atoms with Crippen molar-refractivity contribution in [3.05, 3.63) is 58.4 Å². The molecule has 0 aromatic heterocycles. The zero-order valence-electron chi connectivity index (χ0n) is 12.1. The minimum atomic E-state index is -0.395. The first-order valence-corrected chi connectivity index (χ1v) is 7.63. The van der Waals surface area contributed by atoms with Crippen LogP contribution in [0.5, 0.6) is 11.5 Å². The summed E-state index contributed by atoms with van der Waals surface area (Å²) in [6, 6.07) is 10.7. The van der Waals surface area contributed by atoms with E-state index in [4.69, 9.17) is 21.1 Å². The van der Waals surface area contributed by atoms with Gasteiger partial charge in [-0.15, -0.1) is 0 Å². The largest absolute Gasteiger partial charge is 0.490 e. The van der Waals surface area contributed by atoms with Gasteiger partial charge >= 0.3 is 0 Å². The number of hydrogen-bond acceptors (Lipinski definition) is 3. The first-order chi connectivity index (χ1) is 10.7. The summed E-state index contributed by atoms with van der Waals surface area (Å²) in [4.78, 5) is 0. The van der Waals surface area contributed by atoms with E-state index in [1.807, 2.05) is 18.2 Å². The first kappa shape index (κ1) is 15.1. The number of ether oxygens (including phenoxy) is 2. The molecule has 2 aromatic rings. The predicted molar refractivity (Wildman–Crippen MR) is 84.0 cm³/mol. The van der Waals surface area contributed by atoms with Crippen molar-refractivity contribution in [2.75, 3.05) is 13.2 Å². The van der Waals surface area contributed by atoms with Crippen molar-refractivity contribution in [2.24, 2.45) is 0 Å². The molecule has 2 aromatic carbocycles. The van der Waals surface area contributed by atoms with E-state index < -0.39 is 5.82 Å². The van der Waals surface area contributed by atoms with E-state index in [0.29, 0.717) is 26.3 Å². The van der Waals surface area contributed by atoms with Gasteiger partial charge in [0.25, 0.3) is 0 Å². The van der Waals surface area contributed by atoms with Crippen molar-refractivity contribution in [1.29, 1.82) is 0 Å². The van der Waals surface area contributed by atoms with Gasteiger partial charge in [-0.25, -0.2) is 4.39 Å². The lowest BCUT2D eigenvalue weighted by atomic mass is 10.2. The van der Waals surface area contributed by atoms with Gasteiger partial charge in [-0.1, -0.05) is 23.7 Å². The molecule has 0 saturated carbocycles. The van der Waals surface area contributed by atoms with Gasteiger partial charge < -0.3 is 14.8 Å². The van der Waals surface area contributed by atoms with E-state index in [-0.39, 0.29) is 5.02 Å². The maximum absolute atomic E-state index is 13.1. The van der Waals surface area contributed by atoms with E-state index in [1.54, 1.807) is 12.1 Å². The van der Waals surface area contributed by atoms with Gasteiger partial charge in [-0.2, -0.15) is 0 Å². The summed E-state index contributed by atoms with van der Waals surface area (Å²) in [5.74, 6) is 1.20. The Balaban J connectivity index is 1.59. The summed E-state index contributed by atoms with van der Waals surface area (Å²) in [7, 11) is 0. The van der Waals surface area contributed by atoms with Crippen molar-refractivity contribution >= 4 is 11.6 Å². The molecule has 0 atom stereocenters. The molecule has 3 nitrogen and oxygen atoms in total. The lowest BCUT2D eigenvalue weighted by Crippen LogP contribution is -2.12. The Labute approximate surface area is 134 Å². The molecule has 0 saturated heterocycles. The summed E-state index contributed by atoms with van der Waals surface area (Å²) in [6.45, 7) is 2.67. The number of hydrogen-bond donors (Lipinski definition) is 1. The summed E-state index contributed by atoms with van der Waals surface area (Å²) >= 11 is 5.77. The molecular weight excluding hydrogens is 305 g/mol. The van der Waals surface area contributed by atoms with E-state index >= 15 is 0 Å². The quantitative estimate of drug-likeness (QED) is 0.925. The van der Waals surface area contributed by atoms with E-state index in [1.165, 1.54) is 6.07 Å². The fourth-order valence-electron chi connectivity index (χ4n) is 2.32. The van der Waals surface area contributed by atoms with Gasteiger partial charge in [0.15, 0.2) is 11.5 Å². The van der Waals surface area contributed by atoms with Gasteiger partial charge in [-0.3, -0.25) is 0 Å². The SMILES string of the molecule is Fc1ccc(CNCc2ccc3c(c2)OCCCO3)cc1Cl. The van der Waals surface area contributed by atoms with Crippen LogP contribution < -0.4 is 14.8 Å². The number of nitrogens with one attached hydrogen (secondary N) is 1. The lowest BCUT2D eigenvalue weighted by Gasteiger charge is -2.10. The van der Waals surface area contributed by atoms with E-state index in [0.717, 1.165) is 29.0 Å². The average Bonchev–Trinajstić information content (AvgIpc) is 2.75. The second-order valence-electron chi connectivity index (χ2n) is 5.18. The van der Waals surface area contributed by atoms with Crippen LogP contribution in [-0.2, 0) is 13.1 Å². The van der Waals surface area contributed by atoms with Crippen LogP contribution in [0.3, 0.4) is 0 Å². The van der Waals surface area contributed by atoms with Crippen LogP contribution >= 0.6 is 11.6 Å². The summed E-state index contributed by atoms with van der Waals surface area (Å²) in [5.41, 5.74) is 2.05. The van der Waals surface area contributed by atoms with Crippen molar-refractivity contribution in [3.8, 4) is 11.5 Å². The highest BCUT2D eigenvalue weighted by Crippen LogP contribution is 2.30. The number of benzene rings is 2. The Kier molecular flexibility index (Phi) is 4.80. The van der Waals surface area contributed by atoms with Gasteiger partial charge in [0.2, 0.25) is 0 Å². The molecular formula is C17H17ClFNO2. The molecule has 0 fully saturated rings. The summed E-state index contributed by atoms with van der Waals surface area (Å²) < 4.78 is 24.4. The highest BCUT2D eigenvalue weighted by atomic mass is 35.5. The molecule has 5 heteroatoms. The van der Waals surface area contributed by atoms with Crippen molar-refractivity contribution in [3.63, 3.8) is 0 Å². The number of rotatable bonds is 4. The Hall–Kier alpha value is -1.78. The van der Waals surface area contributed by atoms with Gasteiger partial charge in [0.05, 0.1) is 18.2 Å². The van der Waals surface area contributed by atoms with E-state index in [2.05, 4.69) is 5.32 Å². The zero-order chi connectivity index (χ0) is 15.4. The van der Waals surface area contributed by atoms with Gasteiger partial charge in [-0.05, 0) is 35.4 Å². The monoisotopic (exact) mass is 321 g/mol. The fraction of sp³-hybridized carbons (Fsp3) is 0.294. The predicted octanol–water partition coefficient (Wildman–Crippen LogP) is 3.93. The highest BCUT2D eigenvalue weighted by Gasteiger charge is 2.10. The van der Waals surface area contributed by atoms with Crippen molar-refractivity contribution in [1.82, 2.24) is 5.32 Å². The molecule has 0 aliphatic carbocycles. The standard InChI is InChI=1S/C17H17ClFNO2/c18-14-8-12(2-4-15(14)19)10-20-11-13-3-5-16-17(9-13)22-7-1-6-21-16/h2-5,8-9,20H,1,6-7,10-11H2. The zero-order valence-corrected chi connectivity index (χ0v) is 12.8. The third kappa shape index (κ3) is 3.70. The molecule has 3 rings (SSSR count). The summed E-state index contributed by atoms with van der Waals surface area (Å²) in [5, 5.41) is 3.46. The van der Waals surface area contributed by atoms with Crippen LogP contribution in [0.4, 0.5) is 4.39 Å². The Morgan fingerprint density at radius 1 is 0.955 bits per heavy atom. The Morgan fingerprint density at radius 2 is 1.64 bits per heavy atom. The Morgan fingerprint density at radius 3 is 2.41 bits per heavy atom. The molecule has 116 valence electrons.